The average Bonchev–Trinajstić information content (AvgIpc) is 2.26. The minimum absolute atomic E-state index is 0.347. The Bertz CT molecular complexity index is 226. The maximum absolute atomic E-state index is 3.71. The first-order valence-electron chi connectivity index (χ1n) is 6.72. The molecule has 3 heteroatoms. The van der Waals surface area contributed by atoms with Crippen LogP contribution in [0.5, 0.6) is 0 Å². The lowest BCUT2D eigenvalue weighted by atomic mass is 9.80. The van der Waals surface area contributed by atoms with Gasteiger partial charge >= 0.3 is 0 Å². The van der Waals surface area contributed by atoms with Gasteiger partial charge in [0.25, 0.3) is 0 Å². The summed E-state index contributed by atoms with van der Waals surface area (Å²) in [6.07, 6.45) is 0. The maximum Gasteiger partial charge on any atom is 0.0382 e. The van der Waals surface area contributed by atoms with Crippen molar-refractivity contribution in [1.29, 1.82) is 0 Å². The molecule has 0 aliphatic carbocycles. The number of fused-ring (bicyclic) bond motifs is 3. The molecule has 0 aromatic heterocycles. The quantitative estimate of drug-likeness (QED) is 0.773. The Kier molecular flexibility index (Phi) is 3.57. The van der Waals surface area contributed by atoms with Gasteiger partial charge in [-0.25, -0.2) is 0 Å². The molecule has 94 valence electrons. The summed E-state index contributed by atoms with van der Waals surface area (Å²) in [5, 5.41) is 3.71. The molecule has 2 bridgehead atoms. The molecule has 1 N–H and O–H groups in total. The first kappa shape index (κ1) is 12.3. The number of nitrogens with zero attached hydrogens (tertiary/aromatic N) is 2. The number of hydrogen-bond acceptors (Lipinski definition) is 3. The lowest BCUT2D eigenvalue weighted by molar-refractivity contribution is -0.0219. The molecule has 0 aromatic rings. The molecule has 3 fully saturated rings. The normalized spacial score (nSPS) is 36.4. The van der Waals surface area contributed by atoms with Crippen molar-refractivity contribution in [3.63, 3.8) is 0 Å². The van der Waals surface area contributed by atoms with E-state index in [1.165, 1.54) is 32.7 Å². The van der Waals surface area contributed by atoms with E-state index in [2.05, 4.69) is 42.8 Å². The number of rotatable bonds is 3. The van der Waals surface area contributed by atoms with Crippen LogP contribution in [-0.4, -0.2) is 61.2 Å². The van der Waals surface area contributed by atoms with E-state index < -0.39 is 0 Å². The smallest absolute Gasteiger partial charge is 0.0382 e. The highest BCUT2D eigenvalue weighted by molar-refractivity contribution is 4.99. The number of nitrogens with one attached hydrogen (secondary N) is 1. The molecule has 3 rings (SSSR count). The number of likely N-dealkylation sites (N-methyl/N-ethyl adjacent to an activating group) is 1. The van der Waals surface area contributed by atoms with Crippen molar-refractivity contribution in [3.8, 4) is 0 Å². The predicted molar refractivity (Wildman–Crippen MR) is 68.7 cm³/mol. The molecule has 0 amide bonds. The van der Waals surface area contributed by atoms with Crippen LogP contribution in [0, 0.1) is 5.41 Å². The zero-order chi connectivity index (χ0) is 11.8. The molecule has 3 nitrogen and oxygen atoms in total. The lowest BCUT2D eigenvalue weighted by Gasteiger charge is -2.53. The van der Waals surface area contributed by atoms with Crippen LogP contribution >= 0.6 is 0 Å². The Morgan fingerprint density at radius 1 is 1.19 bits per heavy atom. The Labute approximate surface area is 100 Å². The number of hydrogen-bond donors (Lipinski definition) is 1. The van der Waals surface area contributed by atoms with Crippen LogP contribution in [0.15, 0.2) is 0 Å². The van der Waals surface area contributed by atoms with Crippen molar-refractivity contribution in [2.24, 2.45) is 5.41 Å². The zero-order valence-corrected chi connectivity index (χ0v) is 11.3. The Hall–Kier alpha value is -0.120. The third-order valence-electron chi connectivity index (χ3n) is 4.06. The van der Waals surface area contributed by atoms with Crippen molar-refractivity contribution in [3.05, 3.63) is 0 Å². The summed E-state index contributed by atoms with van der Waals surface area (Å²) >= 11 is 0. The molecule has 0 spiro atoms. The van der Waals surface area contributed by atoms with E-state index in [0.29, 0.717) is 17.5 Å². The maximum atomic E-state index is 3.71. The van der Waals surface area contributed by atoms with Crippen molar-refractivity contribution >= 4 is 0 Å². The van der Waals surface area contributed by atoms with Gasteiger partial charge in [-0.15, -0.1) is 0 Å². The molecule has 2 unspecified atom stereocenters. The topological polar surface area (TPSA) is 18.5 Å². The van der Waals surface area contributed by atoms with Gasteiger partial charge in [0.1, 0.15) is 0 Å². The average molecular weight is 225 g/mol. The van der Waals surface area contributed by atoms with Crippen molar-refractivity contribution in [1.82, 2.24) is 15.1 Å². The van der Waals surface area contributed by atoms with Gasteiger partial charge in [0.2, 0.25) is 0 Å². The van der Waals surface area contributed by atoms with E-state index in [9.17, 15) is 0 Å². The van der Waals surface area contributed by atoms with Crippen molar-refractivity contribution < 1.29 is 0 Å². The standard InChI is InChI=1S/C13H27N3/c1-5-14-12(13(2,3)4)11-10-15-6-8-16(11)9-7-15/h11-12,14H,5-10H2,1-4H3. The molecule has 2 atom stereocenters. The molecular weight excluding hydrogens is 198 g/mol. The first-order chi connectivity index (χ1) is 7.52. The Balaban J connectivity index is 2.08. The second kappa shape index (κ2) is 4.63. The van der Waals surface area contributed by atoms with Gasteiger partial charge in [0.05, 0.1) is 0 Å². The fraction of sp³-hybridized carbons (Fsp3) is 1.00. The molecule has 0 radical (unpaired) electrons. The third kappa shape index (κ3) is 2.41. The van der Waals surface area contributed by atoms with Crippen LogP contribution in [0.1, 0.15) is 27.7 Å². The van der Waals surface area contributed by atoms with Crippen LogP contribution in [0.2, 0.25) is 0 Å². The fourth-order valence-corrected chi connectivity index (χ4v) is 3.21. The first-order valence-corrected chi connectivity index (χ1v) is 6.72. The summed E-state index contributed by atoms with van der Waals surface area (Å²) in [6.45, 7) is 16.7. The molecule has 3 aliphatic rings. The molecule has 3 aliphatic heterocycles. The van der Waals surface area contributed by atoms with E-state index in [0.717, 1.165) is 6.54 Å². The highest BCUT2D eigenvalue weighted by Crippen LogP contribution is 2.28. The van der Waals surface area contributed by atoms with E-state index in [4.69, 9.17) is 0 Å². The van der Waals surface area contributed by atoms with E-state index in [1.807, 2.05) is 0 Å². The second-order valence-corrected chi connectivity index (χ2v) is 6.31. The van der Waals surface area contributed by atoms with Crippen LogP contribution in [0.3, 0.4) is 0 Å². The highest BCUT2D eigenvalue weighted by Gasteiger charge is 2.40. The minimum atomic E-state index is 0.347. The summed E-state index contributed by atoms with van der Waals surface area (Å²) in [5.41, 5.74) is 0.347. The summed E-state index contributed by atoms with van der Waals surface area (Å²) in [4.78, 5) is 5.32. The Morgan fingerprint density at radius 3 is 2.19 bits per heavy atom. The van der Waals surface area contributed by atoms with E-state index >= 15 is 0 Å². The summed E-state index contributed by atoms with van der Waals surface area (Å²) in [7, 11) is 0. The van der Waals surface area contributed by atoms with Crippen LogP contribution < -0.4 is 5.32 Å². The van der Waals surface area contributed by atoms with Gasteiger partial charge in [0.15, 0.2) is 0 Å². The predicted octanol–water partition coefficient (Wildman–Crippen LogP) is 1.01. The highest BCUT2D eigenvalue weighted by atomic mass is 15.4. The van der Waals surface area contributed by atoms with Crippen LogP contribution in [0.4, 0.5) is 0 Å². The molecule has 0 aromatic carbocycles. The third-order valence-corrected chi connectivity index (χ3v) is 4.06. The van der Waals surface area contributed by atoms with E-state index in [-0.39, 0.29) is 0 Å². The van der Waals surface area contributed by atoms with Gasteiger partial charge < -0.3 is 5.32 Å². The molecule has 3 saturated heterocycles. The SMILES string of the molecule is CCNC(C1CN2CCN1CC2)C(C)(C)C. The molecular formula is C13H27N3. The Morgan fingerprint density at radius 2 is 1.81 bits per heavy atom. The minimum Gasteiger partial charge on any atom is -0.312 e. The van der Waals surface area contributed by atoms with Gasteiger partial charge in [-0.05, 0) is 12.0 Å². The molecule has 3 heterocycles. The van der Waals surface area contributed by atoms with Crippen LogP contribution in [0.25, 0.3) is 0 Å². The zero-order valence-electron chi connectivity index (χ0n) is 11.3. The summed E-state index contributed by atoms with van der Waals surface area (Å²) in [5.74, 6) is 0. The van der Waals surface area contributed by atoms with Crippen molar-refractivity contribution in [2.45, 2.75) is 39.8 Å². The van der Waals surface area contributed by atoms with Crippen molar-refractivity contribution in [2.75, 3.05) is 39.3 Å². The van der Waals surface area contributed by atoms with Gasteiger partial charge in [-0.2, -0.15) is 0 Å². The second-order valence-electron chi connectivity index (χ2n) is 6.31. The van der Waals surface area contributed by atoms with Gasteiger partial charge in [0, 0.05) is 44.8 Å². The van der Waals surface area contributed by atoms with Gasteiger partial charge in [-0.3, -0.25) is 9.80 Å². The monoisotopic (exact) mass is 225 g/mol. The van der Waals surface area contributed by atoms with Gasteiger partial charge in [-0.1, -0.05) is 27.7 Å². The molecule has 16 heavy (non-hydrogen) atoms. The van der Waals surface area contributed by atoms with Crippen LogP contribution in [-0.2, 0) is 0 Å². The summed E-state index contributed by atoms with van der Waals surface area (Å²) in [6, 6.07) is 1.32. The largest absolute Gasteiger partial charge is 0.312 e. The molecule has 0 saturated carbocycles. The lowest BCUT2D eigenvalue weighted by Crippen LogP contribution is -2.68. The fourth-order valence-electron chi connectivity index (χ4n) is 3.21. The number of piperazine rings is 3. The summed E-state index contributed by atoms with van der Waals surface area (Å²) < 4.78 is 0. The van der Waals surface area contributed by atoms with E-state index in [1.54, 1.807) is 0 Å².